The first kappa shape index (κ1) is 19.8. The lowest BCUT2D eigenvalue weighted by Gasteiger charge is -2.19. The first-order valence-corrected chi connectivity index (χ1v) is 11.0. The summed E-state index contributed by atoms with van der Waals surface area (Å²) in [4.78, 5) is 16.1. The van der Waals surface area contributed by atoms with Gasteiger partial charge < -0.3 is 9.32 Å². The molecule has 11 heteroatoms. The molecule has 3 aromatic rings. The lowest BCUT2D eigenvalue weighted by atomic mass is 10.1. The molecule has 0 spiro atoms. The van der Waals surface area contributed by atoms with Crippen LogP contribution in [0.15, 0.2) is 50.6 Å². The standard InChI is InChI=1S/C18H21N7O2S2/c1-23(2)7-8-24-18(19-21-22-24)29-12-17(26)25-14(15-5-3-9-27-15)11-13(20-25)16-6-4-10-28-16/h3-6,9-10,14H,7-8,11-12H2,1-2H3. The molecule has 3 aromatic heterocycles. The van der Waals surface area contributed by atoms with E-state index in [-0.39, 0.29) is 17.7 Å². The van der Waals surface area contributed by atoms with Gasteiger partial charge in [0.25, 0.3) is 5.91 Å². The number of nitrogens with zero attached hydrogens (tertiary/aromatic N) is 7. The number of hydrogen-bond acceptors (Lipinski definition) is 9. The predicted molar refractivity (Wildman–Crippen MR) is 111 cm³/mol. The Balaban J connectivity index is 1.46. The van der Waals surface area contributed by atoms with Crippen LogP contribution in [-0.4, -0.2) is 68.1 Å². The van der Waals surface area contributed by atoms with Crippen molar-refractivity contribution in [3.63, 3.8) is 0 Å². The molecule has 0 fully saturated rings. The van der Waals surface area contributed by atoms with Gasteiger partial charge in [-0.25, -0.2) is 9.69 Å². The average Bonchev–Trinajstić information content (AvgIpc) is 3.49. The molecule has 1 aliphatic rings. The number of amides is 1. The van der Waals surface area contributed by atoms with Crippen molar-refractivity contribution in [2.45, 2.75) is 24.2 Å². The lowest BCUT2D eigenvalue weighted by molar-refractivity contribution is -0.130. The molecule has 4 heterocycles. The Hall–Kier alpha value is -2.50. The van der Waals surface area contributed by atoms with Gasteiger partial charge in [0.15, 0.2) is 0 Å². The zero-order valence-corrected chi connectivity index (χ0v) is 17.8. The van der Waals surface area contributed by atoms with Crippen molar-refractivity contribution in [3.8, 4) is 0 Å². The van der Waals surface area contributed by atoms with E-state index in [1.54, 1.807) is 22.3 Å². The predicted octanol–water partition coefficient (Wildman–Crippen LogP) is 2.36. The highest BCUT2D eigenvalue weighted by Gasteiger charge is 2.35. The van der Waals surface area contributed by atoms with Gasteiger partial charge in [-0.2, -0.15) is 5.10 Å². The molecule has 4 rings (SSSR count). The van der Waals surface area contributed by atoms with Crippen LogP contribution in [-0.2, 0) is 11.3 Å². The van der Waals surface area contributed by atoms with E-state index in [2.05, 4.69) is 25.5 Å². The van der Waals surface area contributed by atoms with Gasteiger partial charge in [-0.3, -0.25) is 4.79 Å². The SMILES string of the molecule is CN(C)CCn1nnnc1SCC(=O)N1N=C(c2cccs2)CC1c1ccco1. The van der Waals surface area contributed by atoms with Gasteiger partial charge in [0.05, 0.1) is 29.1 Å². The summed E-state index contributed by atoms with van der Waals surface area (Å²) in [7, 11) is 3.98. The van der Waals surface area contributed by atoms with Crippen molar-refractivity contribution in [1.82, 2.24) is 30.1 Å². The maximum absolute atomic E-state index is 13.0. The molecule has 0 aliphatic carbocycles. The number of tetrazole rings is 1. The molecule has 0 aromatic carbocycles. The Bertz CT molecular complexity index is 966. The van der Waals surface area contributed by atoms with Crippen LogP contribution in [0.3, 0.4) is 0 Å². The summed E-state index contributed by atoms with van der Waals surface area (Å²) in [5, 5.41) is 20.6. The van der Waals surface area contributed by atoms with E-state index in [1.807, 2.05) is 43.7 Å². The molecule has 0 bridgehead atoms. The van der Waals surface area contributed by atoms with Crippen LogP contribution in [0.2, 0.25) is 0 Å². The van der Waals surface area contributed by atoms with Gasteiger partial charge in [-0.15, -0.1) is 16.4 Å². The molecule has 152 valence electrons. The van der Waals surface area contributed by atoms with E-state index in [1.165, 1.54) is 16.8 Å². The van der Waals surface area contributed by atoms with Crippen LogP contribution in [0, 0.1) is 0 Å². The molecular formula is C18H21N7O2S2. The van der Waals surface area contributed by atoms with Gasteiger partial charge in [0, 0.05) is 13.0 Å². The third-order valence-electron chi connectivity index (χ3n) is 4.43. The van der Waals surface area contributed by atoms with E-state index in [4.69, 9.17) is 4.42 Å². The Labute approximate surface area is 176 Å². The van der Waals surface area contributed by atoms with Crippen LogP contribution in [0.1, 0.15) is 23.1 Å². The maximum atomic E-state index is 13.0. The summed E-state index contributed by atoms with van der Waals surface area (Å²) in [6, 6.07) is 7.48. The first-order chi connectivity index (χ1) is 14.1. The van der Waals surface area contributed by atoms with Crippen LogP contribution in [0.25, 0.3) is 0 Å². The number of thioether (sulfide) groups is 1. The third-order valence-corrected chi connectivity index (χ3v) is 6.29. The molecule has 29 heavy (non-hydrogen) atoms. The summed E-state index contributed by atoms with van der Waals surface area (Å²) >= 11 is 2.93. The van der Waals surface area contributed by atoms with Crippen LogP contribution >= 0.6 is 23.1 Å². The maximum Gasteiger partial charge on any atom is 0.253 e. The Morgan fingerprint density at radius 2 is 2.28 bits per heavy atom. The van der Waals surface area contributed by atoms with E-state index in [0.717, 1.165) is 22.9 Å². The van der Waals surface area contributed by atoms with Crippen molar-refractivity contribution in [2.24, 2.45) is 5.10 Å². The van der Waals surface area contributed by atoms with Crippen molar-refractivity contribution < 1.29 is 9.21 Å². The minimum absolute atomic E-state index is 0.106. The van der Waals surface area contributed by atoms with Gasteiger partial charge in [-0.05, 0) is 48.1 Å². The Morgan fingerprint density at radius 1 is 1.38 bits per heavy atom. The monoisotopic (exact) mass is 431 g/mol. The van der Waals surface area contributed by atoms with Gasteiger partial charge in [0.2, 0.25) is 5.16 Å². The van der Waals surface area contributed by atoms with Crippen LogP contribution < -0.4 is 0 Å². The minimum Gasteiger partial charge on any atom is -0.467 e. The van der Waals surface area contributed by atoms with Crippen LogP contribution in [0.4, 0.5) is 0 Å². The molecule has 9 nitrogen and oxygen atoms in total. The third kappa shape index (κ3) is 4.57. The molecule has 0 radical (unpaired) electrons. The van der Waals surface area contributed by atoms with E-state index < -0.39 is 0 Å². The second kappa shape index (κ2) is 8.89. The minimum atomic E-state index is -0.236. The average molecular weight is 432 g/mol. The molecule has 0 N–H and O–H groups in total. The number of hydrazone groups is 1. The molecule has 1 aliphatic heterocycles. The fraction of sp³-hybridized carbons (Fsp3) is 0.389. The van der Waals surface area contributed by atoms with E-state index in [9.17, 15) is 4.79 Å². The number of carbonyl (C=O) groups is 1. The summed E-state index contributed by atoms with van der Waals surface area (Å²) in [5.74, 6) is 0.820. The second-order valence-electron chi connectivity index (χ2n) is 6.77. The fourth-order valence-corrected chi connectivity index (χ4v) is 4.44. The topological polar surface area (TPSA) is 92.7 Å². The van der Waals surface area contributed by atoms with E-state index >= 15 is 0 Å². The normalized spacial score (nSPS) is 16.6. The molecule has 1 unspecified atom stereocenters. The lowest BCUT2D eigenvalue weighted by Crippen LogP contribution is -2.28. The molecule has 0 saturated heterocycles. The van der Waals surface area contributed by atoms with Gasteiger partial charge in [-0.1, -0.05) is 17.8 Å². The van der Waals surface area contributed by atoms with E-state index in [0.29, 0.717) is 18.1 Å². The van der Waals surface area contributed by atoms with Crippen molar-refractivity contribution in [1.29, 1.82) is 0 Å². The van der Waals surface area contributed by atoms with Crippen molar-refractivity contribution >= 4 is 34.7 Å². The number of rotatable bonds is 8. The molecular weight excluding hydrogens is 410 g/mol. The number of thiophene rings is 1. The van der Waals surface area contributed by atoms with Gasteiger partial charge >= 0.3 is 0 Å². The Morgan fingerprint density at radius 3 is 3.00 bits per heavy atom. The van der Waals surface area contributed by atoms with Crippen molar-refractivity contribution in [2.75, 3.05) is 26.4 Å². The summed E-state index contributed by atoms with van der Waals surface area (Å²) in [6.07, 6.45) is 2.25. The second-order valence-corrected chi connectivity index (χ2v) is 8.66. The number of carbonyl (C=O) groups excluding carboxylic acids is 1. The number of likely N-dealkylation sites (N-methyl/N-ethyl adjacent to an activating group) is 1. The van der Waals surface area contributed by atoms with Crippen molar-refractivity contribution in [3.05, 3.63) is 46.5 Å². The number of hydrogen-bond donors (Lipinski definition) is 0. The first-order valence-electron chi connectivity index (χ1n) is 9.12. The largest absolute Gasteiger partial charge is 0.467 e. The number of aromatic nitrogens is 4. The highest BCUT2D eigenvalue weighted by Crippen LogP contribution is 2.34. The summed E-state index contributed by atoms with van der Waals surface area (Å²) in [5.41, 5.74) is 0.899. The highest BCUT2D eigenvalue weighted by molar-refractivity contribution is 7.99. The summed E-state index contributed by atoms with van der Waals surface area (Å²) < 4.78 is 7.29. The zero-order chi connectivity index (χ0) is 20.2. The quantitative estimate of drug-likeness (QED) is 0.506. The molecule has 1 atom stereocenters. The smallest absolute Gasteiger partial charge is 0.253 e. The number of furan rings is 1. The Kier molecular flexibility index (Phi) is 6.07. The molecule has 1 amide bonds. The highest BCUT2D eigenvalue weighted by atomic mass is 32.2. The van der Waals surface area contributed by atoms with Crippen LogP contribution in [0.5, 0.6) is 0 Å². The molecule has 0 saturated carbocycles. The summed E-state index contributed by atoms with van der Waals surface area (Å²) in [6.45, 7) is 1.48. The fourth-order valence-electron chi connectivity index (χ4n) is 2.96. The van der Waals surface area contributed by atoms with Gasteiger partial charge in [0.1, 0.15) is 11.8 Å². The zero-order valence-electron chi connectivity index (χ0n) is 16.1.